The van der Waals surface area contributed by atoms with Gasteiger partial charge in [-0.05, 0) is 17.7 Å². The van der Waals surface area contributed by atoms with Gasteiger partial charge in [-0.1, -0.05) is 48.5 Å². The molecule has 0 saturated heterocycles. The zero-order valence-electron chi connectivity index (χ0n) is 19.6. The second kappa shape index (κ2) is 14.9. The summed E-state index contributed by atoms with van der Waals surface area (Å²) in [7, 11) is -3.46. The molecule has 0 radical (unpaired) electrons. The van der Waals surface area contributed by atoms with E-state index in [1.807, 2.05) is 54.6 Å². The monoisotopic (exact) mass is 509 g/mol. The Morgan fingerprint density at radius 3 is 1.39 bits per heavy atom. The van der Waals surface area contributed by atoms with Crippen LogP contribution in [0, 0.1) is 0 Å². The first-order valence-corrected chi connectivity index (χ1v) is 13.1. The molecule has 0 fully saturated rings. The van der Waals surface area contributed by atoms with Crippen LogP contribution < -0.4 is 16.3 Å². The molecule has 0 spiro atoms. The molecule has 7 nitrogen and oxygen atoms in total. The molecule has 7 N–H and O–H groups in total. The molecular formula is C28H32NO6P. The SMILES string of the molecule is NC(CO)C(O)c1ccccc1.O=C(O)c1ccccc1.O[PH](O)(c1ccccc1)c1ccccc1. The van der Waals surface area contributed by atoms with Crippen molar-refractivity contribution in [2.75, 3.05) is 6.61 Å². The minimum absolute atomic E-state index is 0.212. The van der Waals surface area contributed by atoms with Crippen LogP contribution in [0.4, 0.5) is 0 Å². The van der Waals surface area contributed by atoms with Gasteiger partial charge in [-0.25, -0.2) is 4.79 Å². The summed E-state index contributed by atoms with van der Waals surface area (Å²) in [6.45, 7) is -0.212. The predicted octanol–water partition coefficient (Wildman–Crippen LogP) is 2.63. The Morgan fingerprint density at radius 1 is 0.694 bits per heavy atom. The van der Waals surface area contributed by atoms with Gasteiger partial charge in [0, 0.05) is 0 Å². The van der Waals surface area contributed by atoms with E-state index in [9.17, 15) is 19.7 Å². The van der Waals surface area contributed by atoms with Crippen LogP contribution in [-0.4, -0.2) is 43.7 Å². The van der Waals surface area contributed by atoms with Crippen LogP contribution in [0.2, 0.25) is 0 Å². The summed E-state index contributed by atoms with van der Waals surface area (Å²) in [5.74, 6) is -0.879. The Bertz CT molecular complexity index is 1100. The summed E-state index contributed by atoms with van der Waals surface area (Å²) >= 11 is 0. The number of carboxylic acid groups (broad SMARTS) is 1. The summed E-state index contributed by atoms with van der Waals surface area (Å²) in [6, 6.07) is 34.7. The number of carbonyl (C=O) groups is 1. The Balaban J connectivity index is 0.000000197. The number of hydrogen-bond donors (Lipinski definition) is 6. The van der Waals surface area contributed by atoms with Gasteiger partial charge in [0.15, 0.2) is 0 Å². The van der Waals surface area contributed by atoms with Crippen LogP contribution in [0.15, 0.2) is 121 Å². The van der Waals surface area contributed by atoms with E-state index in [0.29, 0.717) is 16.2 Å². The summed E-state index contributed by atoms with van der Waals surface area (Å²) in [5, 5.41) is 27.8. The molecule has 190 valence electrons. The number of aromatic carboxylic acids is 1. The molecule has 0 saturated carbocycles. The molecule has 0 heterocycles. The molecule has 8 heteroatoms. The van der Waals surface area contributed by atoms with Gasteiger partial charge in [0.05, 0.1) is 24.3 Å². The molecule has 0 aromatic heterocycles. The van der Waals surface area contributed by atoms with Gasteiger partial charge in [-0.15, -0.1) is 0 Å². The minimum atomic E-state index is -3.46. The predicted molar refractivity (Wildman–Crippen MR) is 145 cm³/mol. The van der Waals surface area contributed by atoms with Crippen molar-refractivity contribution in [2.45, 2.75) is 12.1 Å². The Kier molecular flexibility index (Phi) is 11.9. The summed E-state index contributed by atoms with van der Waals surface area (Å²) in [4.78, 5) is 30.5. The normalized spacial score (nSPS) is 12.6. The van der Waals surface area contributed by atoms with Gasteiger partial charge in [0.2, 0.25) is 0 Å². The van der Waals surface area contributed by atoms with E-state index in [4.69, 9.17) is 15.9 Å². The van der Waals surface area contributed by atoms with E-state index in [0.717, 1.165) is 5.56 Å². The average Bonchev–Trinajstić information content (AvgIpc) is 2.95. The Hall–Kier alpha value is -3.42. The Labute approximate surface area is 211 Å². The van der Waals surface area contributed by atoms with E-state index >= 15 is 0 Å². The second-order valence-electron chi connectivity index (χ2n) is 7.78. The van der Waals surface area contributed by atoms with Crippen LogP contribution in [0.5, 0.6) is 0 Å². The van der Waals surface area contributed by atoms with E-state index in [2.05, 4.69) is 0 Å². The van der Waals surface area contributed by atoms with Crippen molar-refractivity contribution in [2.24, 2.45) is 5.73 Å². The third-order valence-corrected chi connectivity index (χ3v) is 7.41. The van der Waals surface area contributed by atoms with Crippen LogP contribution in [-0.2, 0) is 0 Å². The topological polar surface area (TPSA) is 144 Å². The van der Waals surface area contributed by atoms with Crippen molar-refractivity contribution >= 4 is 24.3 Å². The van der Waals surface area contributed by atoms with Gasteiger partial charge < -0.3 is 21.1 Å². The molecule has 2 unspecified atom stereocenters. The molecule has 0 bridgehead atoms. The van der Waals surface area contributed by atoms with Crippen molar-refractivity contribution in [1.29, 1.82) is 0 Å². The summed E-state index contributed by atoms with van der Waals surface area (Å²) < 4.78 is 0. The molecule has 0 aliphatic rings. The van der Waals surface area contributed by atoms with E-state index in [-0.39, 0.29) is 6.61 Å². The third kappa shape index (κ3) is 8.98. The second-order valence-corrected chi connectivity index (χ2v) is 10.3. The van der Waals surface area contributed by atoms with Crippen molar-refractivity contribution in [3.8, 4) is 0 Å². The maximum absolute atomic E-state index is 10.2. The fourth-order valence-corrected chi connectivity index (χ4v) is 4.73. The van der Waals surface area contributed by atoms with Crippen molar-refractivity contribution in [1.82, 2.24) is 0 Å². The molecule has 36 heavy (non-hydrogen) atoms. The fraction of sp³-hybridized carbons (Fsp3) is 0.107. The molecular weight excluding hydrogens is 477 g/mol. The van der Waals surface area contributed by atoms with E-state index in [1.54, 1.807) is 66.7 Å². The Morgan fingerprint density at radius 2 is 1.06 bits per heavy atom. The molecule has 2 atom stereocenters. The number of rotatable bonds is 6. The van der Waals surface area contributed by atoms with Crippen LogP contribution in [0.1, 0.15) is 22.0 Å². The quantitative estimate of drug-likeness (QED) is 0.219. The van der Waals surface area contributed by atoms with E-state index in [1.165, 1.54) is 0 Å². The fourth-order valence-electron chi connectivity index (χ4n) is 3.09. The molecule has 0 aliphatic heterocycles. The van der Waals surface area contributed by atoms with Gasteiger partial charge in [-0.3, -0.25) is 0 Å². The number of hydrogen-bond acceptors (Lipinski definition) is 6. The van der Waals surface area contributed by atoms with Crippen molar-refractivity contribution < 1.29 is 29.9 Å². The van der Waals surface area contributed by atoms with Crippen molar-refractivity contribution in [3.63, 3.8) is 0 Å². The van der Waals surface area contributed by atoms with Crippen LogP contribution in [0.3, 0.4) is 0 Å². The first kappa shape index (κ1) is 28.8. The molecule has 0 aliphatic carbocycles. The van der Waals surface area contributed by atoms with Crippen LogP contribution >= 0.6 is 7.72 Å². The number of aliphatic hydroxyl groups excluding tert-OH is 2. The first-order valence-electron chi connectivity index (χ1n) is 11.2. The average molecular weight is 510 g/mol. The maximum atomic E-state index is 10.2. The first-order chi connectivity index (χ1) is 17.3. The third-order valence-electron chi connectivity index (χ3n) is 5.13. The summed E-state index contributed by atoms with van der Waals surface area (Å²) in [5.41, 5.74) is 6.51. The standard InChI is InChI=1S/C12H13O2P.C9H13NO2.C7H6O2/c13-15(14,11-7-3-1-4-8-11)12-9-5-2-6-10-12;10-8(6-11)9(12)7-4-2-1-3-5-7;8-7(9)6-4-2-1-3-5-6/h1-10,13-15H;1-5,8-9,11-12H,6,10H2;1-5H,(H,8,9). The zero-order chi connectivity index (χ0) is 26.4. The van der Waals surface area contributed by atoms with Gasteiger partial charge in [0.1, 0.15) is 0 Å². The van der Waals surface area contributed by atoms with E-state index < -0.39 is 25.8 Å². The number of nitrogens with two attached hydrogens (primary N) is 1. The zero-order valence-corrected chi connectivity index (χ0v) is 20.6. The van der Waals surface area contributed by atoms with Crippen molar-refractivity contribution in [3.05, 3.63) is 132 Å². The van der Waals surface area contributed by atoms with Gasteiger partial charge in [-0.2, -0.15) is 0 Å². The number of benzene rings is 4. The molecule has 4 aromatic carbocycles. The number of carboxylic acids is 1. The summed E-state index contributed by atoms with van der Waals surface area (Å²) in [6.07, 6.45) is -0.781. The number of aliphatic hydroxyl groups is 2. The molecule has 4 aromatic rings. The van der Waals surface area contributed by atoms with Crippen LogP contribution in [0.25, 0.3) is 0 Å². The molecule has 4 rings (SSSR count). The molecule has 0 amide bonds. The van der Waals surface area contributed by atoms with Gasteiger partial charge >= 0.3 is 94.7 Å². The van der Waals surface area contributed by atoms with Gasteiger partial charge in [0.25, 0.3) is 0 Å².